The molecule has 0 bridgehead atoms. The van der Waals surface area contributed by atoms with Crippen LogP contribution < -0.4 is 5.32 Å². The largest absolute Gasteiger partial charge is 0.392 e. The van der Waals surface area contributed by atoms with Crippen LogP contribution in [0.25, 0.3) is 0 Å². The molecule has 0 spiro atoms. The smallest absolute Gasteiger partial charge is 0.00625 e. The third-order valence-electron chi connectivity index (χ3n) is 2.42. The van der Waals surface area contributed by atoms with Crippen molar-refractivity contribution in [3.05, 3.63) is 12.3 Å². The van der Waals surface area contributed by atoms with Crippen molar-refractivity contribution < 1.29 is 1.43 Å². The summed E-state index contributed by atoms with van der Waals surface area (Å²) in [7, 11) is 1.97. The van der Waals surface area contributed by atoms with Crippen LogP contribution in [-0.2, 0) is 0 Å². The van der Waals surface area contributed by atoms with Gasteiger partial charge in [-0.15, -0.1) is 0 Å². The Balaban J connectivity index is 0.000001000. The van der Waals surface area contributed by atoms with Crippen molar-refractivity contribution in [2.24, 2.45) is 5.92 Å². The maximum atomic E-state index is 3.99. The molecule has 0 aromatic carbocycles. The molecule has 1 nitrogen and oxygen atoms in total. The molecule has 0 aromatic rings. The monoisotopic (exact) mass is 141 g/mol. The van der Waals surface area contributed by atoms with E-state index in [4.69, 9.17) is 0 Å². The van der Waals surface area contributed by atoms with Crippen molar-refractivity contribution in [3.8, 4) is 0 Å². The summed E-state index contributed by atoms with van der Waals surface area (Å²) in [5, 5.41) is 3.14. The Morgan fingerprint density at radius 3 is 2.50 bits per heavy atom. The summed E-state index contributed by atoms with van der Waals surface area (Å²) < 4.78 is 0. The van der Waals surface area contributed by atoms with Crippen LogP contribution in [0.3, 0.4) is 0 Å². The first-order valence-electron chi connectivity index (χ1n) is 4.21. The molecule has 1 heteroatoms. The zero-order valence-electron chi connectivity index (χ0n) is 6.82. The second kappa shape index (κ2) is 3.65. The van der Waals surface area contributed by atoms with Crippen LogP contribution in [0.15, 0.2) is 12.3 Å². The Bertz CT molecular complexity index is 117. The van der Waals surface area contributed by atoms with Gasteiger partial charge in [-0.25, -0.2) is 0 Å². The van der Waals surface area contributed by atoms with E-state index in [9.17, 15) is 0 Å². The molecule has 0 atom stereocenters. The maximum Gasteiger partial charge on any atom is 0.00625 e. The molecule has 1 rings (SSSR count). The molecular weight excluding hydrogens is 122 g/mol. The first-order chi connectivity index (χ1) is 4.84. The second-order valence-electron chi connectivity index (χ2n) is 3.11. The van der Waals surface area contributed by atoms with Crippen LogP contribution in [-0.4, -0.2) is 7.05 Å². The highest BCUT2D eigenvalue weighted by Gasteiger charge is 2.14. The molecule has 0 aliphatic heterocycles. The molecule has 1 saturated carbocycles. The molecule has 0 aromatic heterocycles. The van der Waals surface area contributed by atoms with Crippen molar-refractivity contribution in [2.45, 2.75) is 32.1 Å². The summed E-state index contributed by atoms with van der Waals surface area (Å²) in [6, 6.07) is 0. The average molecular weight is 141 g/mol. The van der Waals surface area contributed by atoms with Crippen molar-refractivity contribution >= 4 is 0 Å². The Morgan fingerprint density at radius 2 is 2.00 bits per heavy atom. The van der Waals surface area contributed by atoms with Crippen molar-refractivity contribution in [2.75, 3.05) is 7.05 Å². The minimum absolute atomic E-state index is 0. The standard InChI is InChI=1S/C9H17N.H2/c1-8(10-2)9-6-4-3-5-7-9;/h9-10H,1,3-7H2,2H3;1H. The molecule has 1 fully saturated rings. The van der Waals surface area contributed by atoms with Crippen LogP contribution in [0, 0.1) is 5.92 Å². The molecule has 0 radical (unpaired) electrons. The summed E-state index contributed by atoms with van der Waals surface area (Å²) in [6.07, 6.45) is 6.91. The molecule has 60 valence electrons. The highest BCUT2D eigenvalue weighted by Crippen LogP contribution is 2.27. The van der Waals surface area contributed by atoms with Crippen LogP contribution in [0.1, 0.15) is 33.5 Å². The molecule has 1 N–H and O–H groups in total. The third-order valence-corrected chi connectivity index (χ3v) is 2.42. The predicted octanol–water partition coefficient (Wildman–Crippen LogP) is 2.55. The van der Waals surface area contributed by atoms with Gasteiger partial charge in [0.2, 0.25) is 0 Å². The van der Waals surface area contributed by atoms with Gasteiger partial charge >= 0.3 is 0 Å². The summed E-state index contributed by atoms with van der Waals surface area (Å²) in [5.74, 6) is 0.763. The lowest BCUT2D eigenvalue weighted by Crippen LogP contribution is -2.17. The fourth-order valence-electron chi connectivity index (χ4n) is 1.66. The average Bonchev–Trinajstić information content (AvgIpc) is 2.05. The van der Waals surface area contributed by atoms with Gasteiger partial charge < -0.3 is 5.32 Å². The molecule has 0 saturated heterocycles. The maximum absolute atomic E-state index is 3.99. The number of allylic oxidation sites excluding steroid dienone is 1. The number of nitrogens with one attached hydrogen (secondary N) is 1. The third kappa shape index (κ3) is 1.76. The van der Waals surface area contributed by atoms with E-state index in [0.29, 0.717) is 0 Å². The van der Waals surface area contributed by atoms with Crippen molar-refractivity contribution in [1.29, 1.82) is 0 Å². The van der Waals surface area contributed by atoms with Gasteiger partial charge in [-0.2, -0.15) is 0 Å². The van der Waals surface area contributed by atoms with E-state index in [1.165, 1.54) is 37.8 Å². The van der Waals surface area contributed by atoms with Gasteiger partial charge in [0.15, 0.2) is 0 Å². The molecule has 0 heterocycles. The minimum atomic E-state index is 0. The zero-order valence-corrected chi connectivity index (χ0v) is 6.82. The van der Waals surface area contributed by atoms with E-state index in [2.05, 4.69) is 11.9 Å². The normalized spacial score (nSPS) is 20.5. The van der Waals surface area contributed by atoms with Gasteiger partial charge in [0.05, 0.1) is 0 Å². The van der Waals surface area contributed by atoms with Gasteiger partial charge in [0.1, 0.15) is 0 Å². The van der Waals surface area contributed by atoms with Crippen LogP contribution in [0.5, 0.6) is 0 Å². The van der Waals surface area contributed by atoms with E-state index in [1.54, 1.807) is 0 Å². The van der Waals surface area contributed by atoms with E-state index < -0.39 is 0 Å². The summed E-state index contributed by atoms with van der Waals surface area (Å²) in [4.78, 5) is 0. The van der Waals surface area contributed by atoms with Crippen LogP contribution >= 0.6 is 0 Å². The molecule has 1 aliphatic rings. The van der Waals surface area contributed by atoms with E-state index in [0.717, 1.165) is 5.92 Å². The molecule has 1 aliphatic carbocycles. The van der Waals surface area contributed by atoms with Crippen LogP contribution in [0.4, 0.5) is 0 Å². The molecule has 10 heavy (non-hydrogen) atoms. The first-order valence-corrected chi connectivity index (χ1v) is 4.21. The lowest BCUT2D eigenvalue weighted by atomic mass is 9.87. The van der Waals surface area contributed by atoms with E-state index >= 15 is 0 Å². The SMILES string of the molecule is C=C(NC)C1CCCCC1.[HH]. The Kier molecular flexibility index (Phi) is 2.79. The number of rotatable bonds is 2. The lowest BCUT2D eigenvalue weighted by molar-refractivity contribution is 0.391. The summed E-state index contributed by atoms with van der Waals surface area (Å²) in [5.41, 5.74) is 1.24. The fraction of sp³-hybridized carbons (Fsp3) is 0.778. The molecule has 0 unspecified atom stereocenters. The Hall–Kier alpha value is -0.460. The highest BCUT2D eigenvalue weighted by atomic mass is 14.8. The van der Waals surface area contributed by atoms with E-state index in [1.807, 2.05) is 7.05 Å². The van der Waals surface area contributed by atoms with Gasteiger partial charge in [0.25, 0.3) is 0 Å². The topological polar surface area (TPSA) is 12.0 Å². The Morgan fingerprint density at radius 1 is 1.40 bits per heavy atom. The van der Waals surface area contributed by atoms with Crippen molar-refractivity contribution in [3.63, 3.8) is 0 Å². The van der Waals surface area contributed by atoms with Crippen molar-refractivity contribution in [1.82, 2.24) is 5.32 Å². The summed E-state index contributed by atoms with van der Waals surface area (Å²) >= 11 is 0. The molecule has 0 amide bonds. The fourth-order valence-corrected chi connectivity index (χ4v) is 1.66. The van der Waals surface area contributed by atoms with E-state index in [-0.39, 0.29) is 1.43 Å². The quantitative estimate of drug-likeness (QED) is 0.623. The second-order valence-corrected chi connectivity index (χ2v) is 3.11. The summed E-state index contributed by atoms with van der Waals surface area (Å²) in [6.45, 7) is 3.99. The van der Waals surface area contributed by atoms with Gasteiger partial charge in [-0.1, -0.05) is 25.8 Å². The number of hydrogen-bond acceptors (Lipinski definition) is 1. The van der Waals surface area contributed by atoms with Gasteiger partial charge in [-0.05, 0) is 18.8 Å². The van der Waals surface area contributed by atoms with Gasteiger partial charge in [-0.3, -0.25) is 0 Å². The number of hydrogen-bond donors (Lipinski definition) is 1. The first kappa shape index (κ1) is 7.64. The Labute approximate surface area is 65.0 Å². The molecular formula is C9H19N. The zero-order chi connectivity index (χ0) is 7.40. The van der Waals surface area contributed by atoms with Crippen LogP contribution in [0.2, 0.25) is 0 Å². The van der Waals surface area contributed by atoms with Gasteiger partial charge in [0, 0.05) is 14.2 Å². The lowest BCUT2D eigenvalue weighted by Gasteiger charge is -2.23. The predicted molar refractivity (Wildman–Crippen MR) is 46.9 cm³/mol. The minimum Gasteiger partial charge on any atom is -0.392 e. The highest BCUT2D eigenvalue weighted by molar-refractivity contribution is 4.97.